The van der Waals surface area contributed by atoms with Crippen molar-refractivity contribution in [2.24, 2.45) is 5.73 Å². The van der Waals surface area contributed by atoms with Gasteiger partial charge in [-0.3, -0.25) is 4.79 Å². The van der Waals surface area contributed by atoms with Crippen LogP contribution in [0.15, 0.2) is 12.1 Å². The Morgan fingerprint density at radius 3 is 2.38 bits per heavy atom. The van der Waals surface area contributed by atoms with Crippen molar-refractivity contribution in [1.82, 2.24) is 0 Å². The van der Waals surface area contributed by atoms with Crippen molar-refractivity contribution in [3.8, 4) is 11.5 Å². The Hall–Kier alpha value is -1.53. The minimum absolute atomic E-state index is 0. The normalized spacial score (nSPS) is 11.6. The highest BCUT2D eigenvalue weighted by molar-refractivity contribution is 5.85. The predicted molar refractivity (Wildman–Crippen MR) is 56.3 cm³/mol. The number of hydrogen-bond acceptors (Lipinski definition) is 4. The van der Waals surface area contributed by atoms with Gasteiger partial charge in [0.2, 0.25) is 0 Å². The molecule has 0 radical (unpaired) electrons. The molecule has 0 heterocycles. The summed E-state index contributed by atoms with van der Waals surface area (Å²) in [5.41, 5.74) is 5.14. The molecule has 90 valence electrons. The molecule has 0 saturated heterocycles. The third-order valence-electron chi connectivity index (χ3n) is 1.90. The van der Waals surface area contributed by atoms with Crippen LogP contribution in [0.2, 0.25) is 0 Å². The SMILES string of the molecule is Cl.NC(Cc1cc(O)c(O)cc1F)C(=O)O. The van der Waals surface area contributed by atoms with Gasteiger partial charge in [0.1, 0.15) is 11.9 Å². The first-order valence-corrected chi connectivity index (χ1v) is 4.10. The summed E-state index contributed by atoms with van der Waals surface area (Å²) < 4.78 is 13.1. The summed E-state index contributed by atoms with van der Waals surface area (Å²) in [6.07, 6.45) is -0.255. The van der Waals surface area contributed by atoms with Crippen LogP contribution in [0.3, 0.4) is 0 Å². The van der Waals surface area contributed by atoms with Crippen LogP contribution in [0.1, 0.15) is 5.56 Å². The van der Waals surface area contributed by atoms with Gasteiger partial charge >= 0.3 is 5.97 Å². The molecule has 1 rings (SSSR count). The third-order valence-corrected chi connectivity index (χ3v) is 1.90. The number of phenolic OH excluding ortho intramolecular Hbond substituents is 2. The molecular formula is C9H11ClFNO4. The Kier molecular flexibility index (Phi) is 5.00. The summed E-state index contributed by atoms with van der Waals surface area (Å²) in [5, 5.41) is 26.5. The fourth-order valence-corrected chi connectivity index (χ4v) is 1.08. The molecule has 5 nitrogen and oxygen atoms in total. The van der Waals surface area contributed by atoms with E-state index in [1.54, 1.807) is 0 Å². The maximum Gasteiger partial charge on any atom is 0.320 e. The smallest absolute Gasteiger partial charge is 0.320 e. The highest BCUT2D eigenvalue weighted by Gasteiger charge is 2.16. The Balaban J connectivity index is 0.00000225. The van der Waals surface area contributed by atoms with Crippen LogP contribution >= 0.6 is 12.4 Å². The van der Waals surface area contributed by atoms with E-state index in [9.17, 15) is 9.18 Å². The van der Waals surface area contributed by atoms with Crippen molar-refractivity contribution in [1.29, 1.82) is 0 Å². The average Bonchev–Trinajstić information content (AvgIpc) is 2.13. The zero-order valence-electron chi connectivity index (χ0n) is 8.05. The molecule has 1 atom stereocenters. The number of hydrogen-bond donors (Lipinski definition) is 4. The highest BCUT2D eigenvalue weighted by Crippen LogP contribution is 2.27. The zero-order valence-corrected chi connectivity index (χ0v) is 8.87. The number of halogens is 2. The van der Waals surface area contributed by atoms with Crippen molar-refractivity contribution in [2.75, 3.05) is 0 Å². The lowest BCUT2D eigenvalue weighted by Crippen LogP contribution is -2.32. The lowest BCUT2D eigenvalue weighted by atomic mass is 10.1. The van der Waals surface area contributed by atoms with E-state index in [1.165, 1.54) is 0 Å². The Labute approximate surface area is 96.7 Å². The molecule has 0 bridgehead atoms. The second kappa shape index (κ2) is 5.53. The van der Waals surface area contributed by atoms with E-state index >= 15 is 0 Å². The van der Waals surface area contributed by atoms with E-state index in [2.05, 4.69) is 0 Å². The van der Waals surface area contributed by atoms with Gasteiger partial charge in [0, 0.05) is 12.5 Å². The number of aliphatic carboxylic acids is 1. The fraction of sp³-hybridized carbons (Fsp3) is 0.222. The molecule has 1 aromatic rings. The maximum atomic E-state index is 13.1. The van der Waals surface area contributed by atoms with Gasteiger partial charge in [0.05, 0.1) is 0 Å². The number of nitrogens with two attached hydrogens (primary N) is 1. The molecule has 0 aliphatic rings. The van der Waals surface area contributed by atoms with E-state index in [0.29, 0.717) is 6.07 Å². The summed E-state index contributed by atoms with van der Waals surface area (Å²) in [4.78, 5) is 10.4. The number of carboxylic acids is 1. The van der Waals surface area contributed by atoms with Gasteiger partial charge in [-0.25, -0.2) is 4.39 Å². The number of carbonyl (C=O) groups is 1. The quantitative estimate of drug-likeness (QED) is 0.590. The van der Waals surface area contributed by atoms with Gasteiger partial charge < -0.3 is 21.1 Å². The minimum Gasteiger partial charge on any atom is -0.504 e. The zero-order chi connectivity index (χ0) is 11.6. The van der Waals surface area contributed by atoms with Crippen LogP contribution in [0, 0.1) is 5.82 Å². The molecule has 16 heavy (non-hydrogen) atoms. The predicted octanol–water partition coefficient (Wildman–Crippen LogP) is 0.613. The first-order chi connectivity index (χ1) is 6.91. The van der Waals surface area contributed by atoms with Gasteiger partial charge in [-0.15, -0.1) is 12.4 Å². The summed E-state index contributed by atoms with van der Waals surface area (Å²) in [6, 6.07) is 0.413. The van der Waals surface area contributed by atoms with Crippen LogP contribution in [0.25, 0.3) is 0 Å². The minimum atomic E-state index is -1.26. The summed E-state index contributed by atoms with van der Waals surface area (Å²) in [6.45, 7) is 0. The van der Waals surface area contributed by atoms with Gasteiger partial charge in [-0.2, -0.15) is 0 Å². The monoisotopic (exact) mass is 251 g/mol. The molecule has 5 N–H and O–H groups in total. The highest BCUT2D eigenvalue weighted by atomic mass is 35.5. The Morgan fingerprint density at radius 1 is 1.38 bits per heavy atom. The van der Waals surface area contributed by atoms with E-state index in [-0.39, 0.29) is 24.4 Å². The Morgan fingerprint density at radius 2 is 1.88 bits per heavy atom. The van der Waals surface area contributed by atoms with Gasteiger partial charge in [0.25, 0.3) is 0 Å². The topological polar surface area (TPSA) is 104 Å². The van der Waals surface area contributed by atoms with Crippen LogP contribution in [0.5, 0.6) is 11.5 Å². The largest absolute Gasteiger partial charge is 0.504 e. The molecule has 0 aliphatic carbocycles. The number of phenols is 2. The maximum absolute atomic E-state index is 13.1. The molecule has 0 saturated carbocycles. The Bertz CT molecular complexity index is 399. The molecule has 0 amide bonds. The van der Waals surface area contributed by atoms with Crippen molar-refractivity contribution < 1.29 is 24.5 Å². The average molecular weight is 252 g/mol. The molecule has 1 unspecified atom stereocenters. The van der Waals surface area contributed by atoms with E-state index < -0.39 is 29.3 Å². The summed E-state index contributed by atoms with van der Waals surface area (Å²) in [7, 11) is 0. The number of carboxylic acid groups (broad SMARTS) is 1. The lowest BCUT2D eigenvalue weighted by molar-refractivity contribution is -0.138. The molecule has 0 fully saturated rings. The van der Waals surface area contributed by atoms with Crippen molar-refractivity contribution >= 4 is 18.4 Å². The molecule has 7 heteroatoms. The first-order valence-electron chi connectivity index (χ1n) is 4.10. The van der Waals surface area contributed by atoms with Crippen molar-refractivity contribution in [3.63, 3.8) is 0 Å². The lowest BCUT2D eigenvalue weighted by Gasteiger charge is -2.08. The standard InChI is InChI=1S/C9H10FNO4.ClH/c10-5-3-8(13)7(12)2-4(5)1-6(11)9(14)15;/h2-3,6,12-13H,1,11H2,(H,14,15);1H. The van der Waals surface area contributed by atoms with Crippen LogP contribution in [0.4, 0.5) is 4.39 Å². The summed E-state index contributed by atoms with van der Waals surface area (Å²) in [5.74, 6) is -3.17. The molecule has 0 aliphatic heterocycles. The fourth-order valence-electron chi connectivity index (χ4n) is 1.08. The van der Waals surface area contributed by atoms with E-state index in [4.69, 9.17) is 21.1 Å². The number of benzene rings is 1. The van der Waals surface area contributed by atoms with E-state index in [1.807, 2.05) is 0 Å². The molecule has 0 spiro atoms. The van der Waals surface area contributed by atoms with Crippen LogP contribution in [-0.2, 0) is 11.2 Å². The van der Waals surface area contributed by atoms with Gasteiger partial charge in [-0.05, 0) is 11.6 Å². The van der Waals surface area contributed by atoms with Crippen LogP contribution in [-0.4, -0.2) is 27.3 Å². The summed E-state index contributed by atoms with van der Waals surface area (Å²) >= 11 is 0. The number of aromatic hydroxyl groups is 2. The van der Waals surface area contributed by atoms with Crippen molar-refractivity contribution in [2.45, 2.75) is 12.5 Å². The van der Waals surface area contributed by atoms with Crippen LogP contribution < -0.4 is 5.73 Å². The molecule has 1 aromatic carbocycles. The van der Waals surface area contributed by atoms with Gasteiger partial charge in [0.15, 0.2) is 11.5 Å². The molecular weight excluding hydrogens is 241 g/mol. The number of rotatable bonds is 3. The second-order valence-corrected chi connectivity index (χ2v) is 3.08. The third kappa shape index (κ3) is 3.25. The molecule has 0 aromatic heterocycles. The second-order valence-electron chi connectivity index (χ2n) is 3.08. The van der Waals surface area contributed by atoms with Gasteiger partial charge in [-0.1, -0.05) is 0 Å². The van der Waals surface area contributed by atoms with E-state index in [0.717, 1.165) is 6.07 Å². The van der Waals surface area contributed by atoms with Crippen molar-refractivity contribution in [3.05, 3.63) is 23.5 Å². The first kappa shape index (κ1) is 14.5.